The Bertz CT molecular complexity index is 419. The molecule has 1 aliphatic rings. The van der Waals surface area contributed by atoms with Gasteiger partial charge in [0, 0.05) is 6.54 Å². The predicted molar refractivity (Wildman–Crippen MR) is 71.6 cm³/mol. The molecule has 1 aliphatic carbocycles. The van der Waals surface area contributed by atoms with Crippen LogP contribution in [0.2, 0.25) is 0 Å². The van der Waals surface area contributed by atoms with Crippen molar-refractivity contribution >= 4 is 5.97 Å². The van der Waals surface area contributed by atoms with Gasteiger partial charge in [0.2, 0.25) is 0 Å². The van der Waals surface area contributed by atoms with Gasteiger partial charge in [0.05, 0.1) is 0 Å². The third-order valence-corrected chi connectivity index (χ3v) is 3.89. The number of aliphatic carboxylic acids is 1. The maximum atomic E-state index is 11.2. The molecule has 0 amide bonds. The van der Waals surface area contributed by atoms with Crippen molar-refractivity contribution in [2.45, 2.75) is 51.1 Å². The molecular weight excluding hydrogens is 226 g/mol. The second-order valence-electron chi connectivity index (χ2n) is 5.49. The fourth-order valence-corrected chi connectivity index (χ4v) is 2.29. The van der Waals surface area contributed by atoms with E-state index in [1.54, 1.807) is 0 Å². The molecule has 2 rings (SSSR count). The summed E-state index contributed by atoms with van der Waals surface area (Å²) in [6.07, 6.45) is 2.49. The minimum Gasteiger partial charge on any atom is -0.480 e. The topological polar surface area (TPSA) is 49.3 Å². The molecule has 0 bridgehead atoms. The minimum atomic E-state index is -0.715. The Labute approximate surface area is 108 Å². The Morgan fingerprint density at radius 1 is 1.33 bits per heavy atom. The van der Waals surface area contributed by atoms with Gasteiger partial charge in [-0.05, 0) is 36.3 Å². The summed E-state index contributed by atoms with van der Waals surface area (Å²) in [4.78, 5) is 11.2. The normalized spacial score (nSPS) is 17.5. The van der Waals surface area contributed by atoms with E-state index in [2.05, 4.69) is 43.4 Å². The molecule has 3 nitrogen and oxygen atoms in total. The lowest BCUT2D eigenvalue weighted by Gasteiger charge is -2.38. The van der Waals surface area contributed by atoms with Gasteiger partial charge in [0.15, 0.2) is 0 Å². The maximum absolute atomic E-state index is 11.2. The molecule has 0 aliphatic heterocycles. The first-order valence-electron chi connectivity index (χ1n) is 6.61. The molecule has 0 heterocycles. The van der Waals surface area contributed by atoms with Crippen LogP contribution in [0, 0.1) is 0 Å². The van der Waals surface area contributed by atoms with Crippen LogP contribution in [-0.4, -0.2) is 16.6 Å². The number of carbonyl (C=O) groups is 1. The molecule has 18 heavy (non-hydrogen) atoms. The monoisotopic (exact) mass is 247 g/mol. The number of benzene rings is 1. The van der Waals surface area contributed by atoms with Crippen molar-refractivity contribution in [2.24, 2.45) is 0 Å². The van der Waals surface area contributed by atoms with Gasteiger partial charge >= 0.3 is 5.97 Å². The van der Waals surface area contributed by atoms with E-state index in [1.165, 1.54) is 5.56 Å². The van der Waals surface area contributed by atoms with Crippen LogP contribution >= 0.6 is 0 Å². The number of carboxylic acid groups (broad SMARTS) is 1. The molecule has 0 saturated heterocycles. The summed E-state index contributed by atoms with van der Waals surface area (Å²) in [5.41, 5.74) is 1.79. The van der Waals surface area contributed by atoms with E-state index >= 15 is 0 Å². The number of rotatable bonds is 5. The van der Waals surface area contributed by atoms with E-state index in [-0.39, 0.29) is 0 Å². The Morgan fingerprint density at radius 3 is 2.33 bits per heavy atom. The van der Waals surface area contributed by atoms with Crippen LogP contribution in [0.15, 0.2) is 24.3 Å². The van der Waals surface area contributed by atoms with E-state index in [0.717, 1.165) is 24.8 Å². The van der Waals surface area contributed by atoms with E-state index in [4.69, 9.17) is 0 Å². The van der Waals surface area contributed by atoms with E-state index < -0.39 is 11.5 Å². The molecule has 0 unspecified atom stereocenters. The minimum absolute atomic E-state index is 0.531. The average molecular weight is 247 g/mol. The molecule has 98 valence electrons. The van der Waals surface area contributed by atoms with Crippen LogP contribution in [0.3, 0.4) is 0 Å². The molecule has 1 aromatic rings. The molecule has 0 aromatic heterocycles. The van der Waals surface area contributed by atoms with Crippen LogP contribution in [0.1, 0.15) is 50.2 Å². The second kappa shape index (κ2) is 5.11. The number of hydrogen-bond acceptors (Lipinski definition) is 2. The van der Waals surface area contributed by atoms with Gasteiger partial charge in [0.1, 0.15) is 5.54 Å². The van der Waals surface area contributed by atoms with Crippen LogP contribution in [0.4, 0.5) is 0 Å². The van der Waals surface area contributed by atoms with Gasteiger partial charge < -0.3 is 5.11 Å². The molecule has 3 heteroatoms. The Hall–Kier alpha value is -1.35. The van der Waals surface area contributed by atoms with Crippen molar-refractivity contribution in [3.63, 3.8) is 0 Å². The Morgan fingerprint density at radius 2 is 1.94 bits per heavy atom. The number of hydrogen-bond donors (Lipinski definition) is 2. The summed E-state index contributed by atoms with van der Waals surface area (Å²) in [6.45, 7) is 4.97. The van der Waals surface area contributed by atoms with Crippen LogP contribution in [0.5, 0.6) is 0 Å². The molecule has 0 radical (unpaired) electrons. The van der Waals surface area contributed by atoms with E-state index in [0.29, 0.717) is 12.5 Å². The van der Waals surface area contributed by atoms with Crippen molar-refractivity contribution in [3.05, 3.63) is 35.4 Å². The first-order chi connectivity index (χ1) is 8.53. The summed E-state index contributed by atoms with van der Waals surface area (Å²) < 4.78 is 0. The fourth-order valence-electron chi connectivity index (χ4n) is 2.29. The van der Waals surface area contributed by atoms with Gasteiger partial charge in [-0.3, -0.25) is 10.1 Å². The fraction of sp³-hybridized carbons (Fsp3) is 0.533. The van der Waals surface area contributed by atoms with Crippen molar-refractivity contribution in [3.8, 4) is 0 Å². The number of carboxylic acids is 1. The standard InChI is InChI=1S/C15H21NO2/c1-11(2)13-6-4-12(5-7-13)10-16-15(14(17)18)8-3-9-15/h4-7,11,16H,3,8-10H2,1-2H3,(H,17,18). The highest BCUT2D eigenvalue weighted by Crippen LogP contribution is 2.32. The van der Waals surface area contributed by atoms with E-state index in [9.17, 15) is 9.90 Å². The van der Waals surface area contributed by atoms with Gasteiger partial charge in [0.25, 0.3) is 0 Å². The first kappa shape index (κ1) is 13.1. The second-order valence-corrected chi connectivity index (χ2v) is 5.49. The van der Waals surface area contributed by atoms with Gasteiger partial charge in [-0.15, -0.1) is 0 Å². The highest BCUT2D eigenvalue weighted by atomic mass is 16.4. The summed E-state index contributed by atoms with van der Waals surface area (Å²) in [7, 11) is 0. The lowest BCUT2D eigenvalue weighted by molar-refractivity contribution is -0.148. The molecular formula is C15H21NO2. The van der Waals surface area contributed by atoms with Crippen molar-refractivity contribution in [2.75, 3.05) is 0 Å². The van der Waals surface area contributed by atoms with Gasteiger partial charge in [-0.2, -0.15) is 0 Å². The zero-order chi connectivity index (χ0) is 13.2. The summed E-state index contributed by atoms with van der Waals surface area (Å²) in [5.74, 6) is -0.184. The van der Waals surface area contributed by atoms with Crippen LogP contribution in [-0.2, 0) is 11.3 Å². The van der Waals surface area contributed by atoms with Gasteiger partial charge in [-0.25, -0.2) is 0 Å². The number of nitrogens with one attached hydrogen (secondary N) is 1. The largest absolute Gasteiger partial charge is 0.480 e. The molecule has 1 fully saturated rings. The average Bonchev–Trinajstić information content (AvgIpc) is 2.27. The highest BCUT2D eigenvalue weighted by molar-refractivity contribution is 5.79. The summed E-state index contributed by atoms with van der Waals surface area (Å²) >= 11 is 0. The summed E-state index contributed by atoms with van der Waals surface area (Å²) in [5, 5.41) is 12.4. The smallest absolute Gasteiger partial charge is 0.323 e. The summed E-state index contributed by atoms with van der Waals surface area (Å²) in [6, 6.07) is 8.40. The Balaban J connectivity index is 1.96. The highest BCUT2D eigenvalue weighted by Gasteiger charge is 2.43. The third kappa shape index (κ3) is 2.56. The van der Waals surface area contributed by atoms with Crippen molar-refractivity contribution in [1.29, 1.82) is 0 Å². The molecule has 1 aromatic carbocycles. The maximum Gasteiger partial charge on any atom is 0.323 e. The van der Waals surface area contributed by atoms with Crippen LogP contribution in [0.25, 0.3) is 0 Å². The van der Waals surface area contributed by atoms with Crippen LogP contribution < -0.4 is 5.32 Å². The zero-order valence-electron chi connectivity index (χ0n) is 11.1. The molecule has 1 saturated carbocycles. The third-order valence-electron chi connectivity index (χ3n) is 3.89. The molecule has 2 N–H and O–H groups in total. The first-order valence-corrected chi connectivity index (χ1v) is 6.61. The van der Waals surface area contributed by atoms with Crippen molar-refractivity contribution in [1.82, 2.24) is 5.32 Å². The van der Waals surface area contributed by atoms with Gasteiger partial charge in [-0.1, -0.05) is 38.1 Å². The lowest BCUT2D eigenvalue weighted by Crippen LogP contribution is -2.56. The zero-order valence-corrected chi connectivity index (χ0v) is 11.1. The predicted octanol–water partition coefficient (Wildman–Crippen LogP) is 2.91. The molecule has 0 atom stereocenters. The molecule has 0 spiro atoms. The SMILES string of the molecule is CC(C)c1ccc(CNC2(C(=O)O)CCC2)cc1. The Kier molecular flexibility index (Phi) is 3.71. The quantitative estimate of drug-likeness (QED) is 0.841. The van der Waals surface area contributed by atoms with E-state index in [1.807, 2.05) is 0 Å². The lowest BCUT2D eigenvalue weighted by atomic mass is 9.76. The van der Waals surface area contributed by atoms with Crippen molar-refractivity contribution < 1.29 is 9.90 Å².